The molecule has 0 aromatic carbocycles. The highest BCUT2D eigenvalue weighted by Crippen LogP contribution is 2.56. The second kappa shape index (κ2) is 5.18. The molecule has 5 heteroatoms. The van der Waals surface area contributed by atoms with E-state index in [-0.39, 0.29) is 6.10 Å². The Morgan fingerprint density at radius 3 is 2.25 bits per heavy atom. The number of phosphoric acid groups is 1. The van der Waals surface area contributed by atoms with Crippen molar-refractivity contribution in [1.82, 2.24) is 0 Å². The number of hydrogen-bond acceptors (Lipinski definition) is 4. The van der Waals surface area contributed by atoms with Gasteiger partial charge in [0.1, 0.15) is 0 Å². The highest BCUT2D eigenvalue weighted by Gasteiger charge is 2.44. The molecule has 2 aliphatic rings. The zero-order valence-corrected chi connectivity index (χ0v) is 10.9. The Morgan fingerprint density at radius 1 is 1.12 bits per heavy atom. The van der Waals surface area contributed by atoms with Gasteiger partial charge < -0.3 is 0 Å². The molecule has 0 amide bonds. The molecular formula is C11H21O4P. The summed E-state index contributed by atoms with van der Waals surface area (Å²) in [6.07, 6.45) is 4.84. The van der Waals surface area contributed by atoms with Gasteiger partial charge in [0.2, 0.25) is 0 Å². The number of phosphoric ester groups is 1. The van der Waals surface area contributed by atoms with E-state index in [1.165, 1.54) is 19.3 Å². The maximum atomic E-state index is 12.2. The van der Waals surface area contributed by atoms with Crippen molar-refractivity contribution < 1.29 is 18.1 Å². The third-order valence-corrected chi connectivity index (χ3v) is 5.19. The van der Waals surface area contributed by atoms with E-state index in [1.807, 2.05) is 0 Å². The van der Waals surface area contributed by atoms with Crippen molar-refractivity contribution in [1.29, 1.82) is 0 Å². The van der Waals surface area contributed by atoms with Crippen molar-refractivity contribution in [3.8, 4) is 0 Å². The van der Waals surface area contributed by atoms with Gasteiger partial charge in [0.25, 0.3) is 0 Å². The molecule has 2 bridgehead atoms. The molecule has 16 heavy (non-hydrogen) atoms. The summed E-state index contributed by atoms with van der Waals surface area (Å²) in [5.74, 6) is 1.34. The topological polar surface area (TPSA) is 44.8 Å². The molecule has 2 saturated carbocycles. The minimum Gasteiger partial charge on any atom is -0.287 e. The van der Waals surface area contributed by atoms with Crippen LogP contribution in [0.25, 0.3) is 0 Å². The summed E-state index contributed by atoms with van der Waals surface area (Å²) >= 11 is 0. The van der Waals surface area contributed by atoms with Crippen LogP contribution in [0.5, 0.6) is 0 Å². The Kier molecular flexibility index (Phi) is 4.06. The highest BCUT2D eigenvalue weighted by molar-refractivity contribution is 7.48. The Balaban J connectivity index is 1.93. The first-order valence-corrected chi connectivity index (χ1v) is 7.70. The standard InChI is InChI=1S/C11H21O4P/c1-3-13-16(12,14-4-2)15-11-8-9-5-6-10(11)7-9/h9-11H,3-8H2,1-2H3/t9-,10+,11+/m0/s1. The largest absolute Gasteiger partial charge is 0.475 e. The Labute approximate surface area is 97.3 Å². The van der Waals surface area contributed by atoms with Gasteiger partial charge in [-0.1, -0.05) is 0 Å². The van der Waals surface area contributed by atoms with Crippen molar-refractivity contribution in [3.05, 3.63) is 0 Å². The van der Waals surface area contributed by atoms with Gasteiger partial charge in [-0.15, -0.1) is 0 Å². The molecule has 0 aromatic rings. The lowest BCUT2D eigenvalue weighted by Crippen LogP contribution is -2.20. The highest BCUT2D eigenvalue weighted by atomic mass is 31.2. The summed E-state index contributed by atoms with van der Waals surface area (Å²) in [7, 11) is -3.30. The fraction of sp³-hybridized carbons (Fsp3) is 1.00. The lowest BCUT2D eigenvalue weighted by Gasteiger charge is -2.26. The molecule has 0 spiro atoms. The molecule has 0 aromatic heterocycles. The molecule has 0 unspecified atom stereocenters. The second-order valence-electron chi connectivity index (χ2n) is 4.60. The molecule has 0 saturated heterocycles. The number of hydrogen-bond donors (Lipinski definition) is 0. The van der Waals surface area contributed by atoms with Gasteiger partial charge in [-0.25, -0.2) is 4.57 Å². The SMILES string of the molecule is CCOP(=O)(OCC)O[C@@H]1C[C@H]2CC[C@@H]1C2. The van der Waals surface area contributed by atoms with Crippen LogP contribution >= 0.6 is 7.82 Å². The van der Waals surface area contributed by atoms with E-state index in [0.29, 0.717) is 19.1 Å². The van der Waals surface area contributed by atoms with Gasteiger partial charge in [0.05, 0.1) is 19.3 Å². The molecule has 2 aliphatic carbocycles. The summed E-state index contributed by atoms with van der Waals surface area (Å²) in [6, 6.07) is 0. The molecule has 0 N–H and O–H groups in total. The van der Waals surface area contributed by atoms with Gasteiger partial charge in [-0.05, 0) is 51.4 Å². The smallest absolute Gasteiger partial charge is 0.287 e. The van der Waals surface area contributed by atoms with Crippen LogP contribution in [0.3, 0.4) is 0 Å². The van der Waals surface area contributed by atoms with Gasteiger partial charge in [-0.2, -0.15) is 0 Å². The molecule has 0 radical (unpaired) electrons. The van der Waals surface area contributed by atoms with Crippen LogP contribution < -0.4 is 0 Å². The Bertz CT molecular complexity index is 271. The quantitative estimate of drug-likeness (QED) is 0.676. The van der Waals surface area contributed by atoms with E-state index in [1.54, 1.807) is 13.8 Å². The number of fused-ring (bicyclic) bond motifs is 2. The van der Waals surface area contributed by atoms with Crippen molar-refractivity contribution in [2.75, 3.05) is 13.2 Å². The summed E-state index contributed by atoms with van der Waals surface area (Å²) in [6.45, 7) is 4.32. The van der Waals surface area contributed by atoms with E-state index >= 15 is 0 Å². The third-order valence-electron chi connectivity index (χ3n) is 3.51. The van der Waals surface area contributed by atoms with Crippen LogP contribution in [-0.2, 0) is 18.1 Å². The van der Waals surface area contributed by atoms with E-state index in [4.69, 9.17) is 13.6 Å². The van der Waals surface area contributed by atoms with Crippen LogP contribution in [0.4, 0.5) is 0 Å². The van der Waals surface area contributed by atoms with Gasteiger partial charge in [0, 0.05) is 0 Å². The average Bonchev–Trinajstić information content (AvgIpc) is 2.79. The van der Waals surface area contributed by atoms with Crippen LogP contribution in [0.15, 0.2) is 0 Å². The maximum absolute atomic E-state index is 12.2. The lowest BCUT2D eigenvalue weighted by molar-refractivity contribution is 0.0578. The zero-order chi connectivity index (χ0) is 11.6. The maximum Gasteiger partial charge on any atom is 0.475 e. The molecule has 3 atom stereocenters. The second-order valence-corrected chi connectivity index (χ2v) is 6.22. The van der Waals surface area contributed by atoms with E-state index in [9.17, 15) is 4.57 Å². The lowest BCUT2D eigenvalue weighted by atomic mass is 9.98. The molecule has 2 rings (SSSR count). The first-order chi connectivity index (χ1) is 7.67. The van der Waals surface area contributed by atoms with Crippen LogP contribution in [0.2, 0.25) is 0 Å². The predicted octanol–water partition coefficient (Wildman–Crippen LogP) is 3.37. The number of rotatable bonds is 6. The fourth-order valence-electron chi connectivity index (χ4n) is 2.90. The average molecular weight is 248 g/mol. The monoisotopic (exact) mass is 248 g/mol. The van der Waals surface area contributed by atoms with Crippen molar-refractivity contribution in [2.24, 2.45) is 11.8 Å². The van der Waals surface area contributed by atoms with Crippen LogP contribution in [0.1, 0.15) is 39.5 Å². The first-order valence-electron chi connectivity index (χ1n) is 6.24. The van der Waals surface area contributed by atoms with Gasteiger partial charge in [0.15, 0.2) is 0 Å². The molecule has 2 fully saturated rings. The molecule has 0 heterocycles. The fourth-order valence-corrected chi connectivity index (χ4v) is 4.31. The van der Waals surface area contributed by atoms with Crippen LogP contribution in [-0.4, -0.2) is 19.3 Å². The minimum absolute atomic E-state index is 0.0858. The Hall–Kier alpha value is 0.110. The summed E-state index contributed by atoms with van der Waals surface area (Å²) in [5, 5.41) is 0. The van der Waals surface area contributed by atoms with Crippen molar-refractivity contribution in [2.45, 2.75) is 45.6 Å². The predicted molar refractivity (Wildman–Crippen MR) is 61.2 cm³/mol. The third kappa shape index (κ3) is 2.67. The normalized spacial score (nSPS) is 33.5. The summed E-state index contributed by atoms with van der Waals surface area (Å²) < 4.78 is 28.1. The zero-order valence-electron chi connectivity index (χ0n) is 10.1. The van der Waals surface area contributed by atoms with Crippen molar-refractivity contribution >= 4 is 7.82 Å². The van der Waals surface area contributed by atoms with E-state index < -0.39 is 7.82 Å². The van der Waals surface area contributed by atoms with Crippen LogP contribution in [0, 0.1) is 11.8 Å². The molecule has 94 valence electrons. The summed E-state index contributed by atoms with van der Waals surface area (Å²) in [4.78, 5) is 0. The van der Waals surface area contributed by atoms with E-state index in [0.717, 1.165) is 12.3 Å². The molecule has 4 nitrogen and oxygen atoms in total. The minimum atomic E-state index is -3.30. The summed E-state index contributed by atoms with van der Waals surface area (Å²) in [5.41, 5.74) is 0. The van der Waals surface area contributed by atoms with Gasteiger partial charge in [-0.3, -0.25) is 13.6 Å². The van der Waals surface area contributed by atoms with Gasteiger partial charge >= 0.3 is 7.82 Å². The Morgan fingerprint density at radius 2 is 1.81 bits per heavy atom. The van der Waals surface area contributed by atoms with Crippen molar-refractivity contribution in [3.63, 3.8) is 0 Å². The molecule has 0 aliphatic heterocycles. The molecular weight excluding hydrogens is 227 g/mol. The first kappa shape index (κ1) is 12.6. The van der Waals surface area contributed by atoms with E-state index in [2.05, 4.69) is 0 Å².